The first-order valence-corrected chi connectivity index (χ1v) is 7.34. The van der Waals surface area contributed by atoms with E-state index in [4.69, 9.17) is 22.7 Å². The standard InChI is InChI=1S/C15H23ClN4O/c1-5-11-7-6-8-12(16)13(11)19(4)15(21)20(14(17)18)9-10(2)3/h6-8,10H,5,9H2,1-4H3,(H3,17,18). The molecule has 0 aromatic heterocycles. The third-order valence-corrected chi connectivity index (χ3v) is 3.45. The van der Waals surface area contributed by atoms with Crippen LogP contribution in [0.3, 0.4) is 0 Å². The lowest BCUT2D eigenvalue weighted by Crippen LogP contribution is -2.49. The highest BCUT2D eigenvalue weighted by atomic mass is 35.5. The van der Waals surface area contributed by atoms with Gasteiger partial charge in [-0.1, -0.05) is 44.5 Å². The second-order valence-electron chi connectivity index (χ2n) is 5.33. The van der Waals surface area contributed by atoms with E-state index in [-0.39, 0.29) is 17.9 Å². The zero-order chi connectivity index (χ0) is 16.2. The minimum absolute atomic E-state index is 0.211. The van der Waals surface area contributed by atoms with Crippen LogP contribution in [0.4, 0.5) is 10.5 Å². The molecular formula is C15H23ClN4O. The topological polar surface area (TPSA) is 73.4 Å². The van der Waals surface area contributed by atoms with Crippen molar-refractivity contribution in [2.24, 2.45) is 11.7 Å². The molecule has 116 valence electrons. The van der Waals surface area contributed by atoms with E-state index in [1.54, 1.807) is 13.1 Å². The van der Waals surface area contributed by atoms with E-state index in [0.29, 0.717) is 17.3 Å². The van der Waals surface area contributed by atoms with Gasteiger partial charge in [0.05, 0.1) is 10.7 Å². The molecule has 0 bridgehead atoms. The summed E-state index contributed by atoms with van der Waals surface area (Å²) in [6.45, 7) is 6.33. The van der Waals surface area contributed by atoms with E-state index in [1.165, 1.54) is 9.80 Å². The van der Waals surface area contributed by atoms with Crippen LogP contribution in [0.15, 0.2) is 18.2 Å². The zero-order valence-electron chi connectivity index (χ0n) is 13.0. The Morgan fingerprint density at radius 1 is 1.43 bits per heavy atom. The van der Waals surface area contributed by atoms with Gasteiger partial charge in [-0.25, -0.2) is 4.79 Å². The number of guanidine groups is 1. The van der Waals surface area contributed by atoms with Crippen molar-refractivity contribution < 1.29 is 4.79 Å². The SMILES string of the molecule is CCc1cccc(Cl)c1N(C)C(=O)N(CC(C)C)C(=N)N. The van der Waals surface area contributed by atoms with Crippen molar-refractivity contribution in [2.45, 2.75) is 27.2 Å². The number of anilines is 1. The summed E-state index contributed by atoms with van der Waals surface area (Å²) in [4.78, 5) is 15.3. The second kappa shape index (κ2) is 7.31. The van der Waals surface area contributed by atoms with Gasteiger partial charge in [0.15, 0.2) is 5.96 Å². The lowest BCUT2D eigenvalue weighted by Gasteiger charge is -2.29. The quantitative estimate of drug-likeness (QED) is 0.661. The Morgan fingerprint density at radius 2 is 2.05 bits per heavy atom. The van der Waals surface area contributed by atoms with Crippen LogP contribution in [-0.4, -0.2) is 30.5 Å². The van der Waals surface area contributed by atoms with Crippen LogP contribution in [0.25, 0.3) is 0 Å². The molecule has 0 aliphatic carbocycles. The van der Waals surface area contributed by atoms with Crippen LogP contribution in [-0.2, 0) is 6.42 Å². The molecule has 0 saturated heterocycles. The van der Waals surface area contributed by atoms with Crippen LogP contribution in [0.1, 0.15) is 26.3 Å². The first kappa shape index (κ1) is 17.3. The van der Waals surface area contributed by atoms with Gasteiger partial charge in [0, 0.05) is 13.6 Å². The molecule has 0 fully saturated rings. The van der Waals surface area contributed by atoms with Crippen molar-refractivity contribution >= 4 is 29.3 Å². The number of rotatable bonds is 4. The van der Waals surface area contributed by atoms with Crippen LogP contribution >= 0.6 is 11.6 Å². The van der Waals surface area contributed by atoms with Crippen LogP contribution in [0.5, 0.6) is 0 Å². The largest absolute Gasteiger partial charge is 0.370 e. The van der Waals surface area contributed by atoms with Crippen molar-refractivity contribution in [3.8, 4) is 0 Å². The van der Waals surface area contributed by atoms with Gasteiger partial charge in [-0.2, -0.15) is 0 Å². The number of para-hydroxylation sites is 1. The van der Waals surface area contributed by atoms with E-state index >= 15 is 0 Å². The maximum atomic E-state index is 12.6. The van der Waals surface area contributed by atoms with Gasteiger partial charge in [0.2, 0.25) is 0 Å². The van der Waals surface area contributed by atoms with Gasteiger partial charge in [0.1, 0.15) is 0 Å². The molecular weight excluding hydrogens is 288 g/mol. The van der Waals surface area contributed by atoms with Crippen molar-refractivity contribution in [2.75, 3.05) is 18.5 Å². The Balaban J connectivity index is 3.14. The number of aryl methyl sites for hydroxylation is 1. The smallest absolute Gasteiger partial charge is 0.331 e. The summed E-state index contributed by atoms with van der Waals surface area (Å²) in [5.74, 6) is -0.0474. The number of hydrogen-bond acceptors (Lipinski definition) is 2. The molecule has 5 nitrogen and oxygen atoms in total. The minimum Gasteiger partial charge on any atom is -0.370 e. The minimum atomic E-state index is -0.348. The average Bonchev–Trinajstić information content (AvgIpc) is 2.42. The fraction of sp³-hybridized carbons (Fsp3) is 0.467. The Morgan fingerprint density at radius 3 is 2.52 bits per heavy atom. The van der Waals surface area contributed by atoms with Gasteiger partial charge in [-0.3, -0.25) is 15.2 Å². The third-order valence-electron chi connectivity index (χ3n) is 3.14. The molecule has 0 saturated carbocycles. The number of urea groups is 1. The fourth-order valence-electron chi connectivity index (χ4n) is 2.14. The molecule has 0 spiro atoms. The summed E-state index contributed by atoms with van der Waals surface area (Å²) in [6, 6.07) is 5.20. The van der Waals surface area contributed by atoms with E-state index in [9.17, 15) is 4.79 Å². The van der Waals surface area contributed by atoms with Gasteiger partial charge in [-0.15, -0.1) is 0 Å². The molecule has 0 unspecified atom stereocenters. The summed E-state index contributed by atoms with van der Waals surface area (Å²) in [5.41, 5.74) is 7.19. The normalized spacial score (nSPS) is 10.6. The zero-order valence-corrected chi connectivity index (χ0v) is 13.7. The van der Waals surface area contributed by atoms with Crippen molar-refractivity contribution in [3.05, 3.63) is 28.8 Å². The monoisotopic (exact) mass is 310 g/mol. The summed E-state index contributed by atoms with van der Waals surface area (Å²) in [7, 11) is 1.65. The number of carbonyl (C=O) groups is 1. The van der Waals surface area contributed by atoms with Gasteiger partial charge >= 0.3 is 6.03 Å². The number of halogens is 1. The number of nitrogens with two attached hydrogens (primary N) is 1. The maximum Gasteiger partial charge on any atom is 0.331 e. The number of amides is 2. The predicted octanol–water partition coefficient (Wildman–Crippen LogP) is 3.31. The number of hydrogen-bond donors (Lipinski definition) is 2. The number of carbonyl (C=O) groups excluding carboxylic acids is 1. The molecule has 0 aliphatic heterocycles. The first-order valence-electron chi connectivity index (χ1n) is 6.96. The summed E-state index contributed by atoms with van der Waals surface area (Å²) in [6.07, 6.45) is 0.762. The molecule has 6 heteroatoms. The van der Waals surface area contributed by atoms with Gasteiger partial charge < -0.3 is 5.73 Å². The Labute approximate surface area is 131 Å². The van der Waals surface area contributed by atoms with Crippen LogP contribution < -0.4 is 10.6 Å². The molecule has 1 rings (SSSR count). The highest BCUT2D eigenvalue weighted by Crippen LogP contribution is 2.30. The highest BCUT2D eigenvalue weighted by molar-refractivity contribution is 6.34. The lowest BCUT2D eigenvalue weighted by molar-refractivity contribution is 0.223. The van der Waals surface area contributed by atoms with E-state index in [0.717, 1.165) is 12.0 Å². The van der Waals surface area contributed by atoms with Crippen LogP contribution in [0.2, 0.25) is 5.02 Å². The van der Waals surface area contributed by atoms with E-state index < -0.39 is 0 Å². The molecule has 3 N–H and O–H groups in total. The molecule has 0 radical (unpaired) electrons. The third kappa shape index (κ3) is 4.11. The fourth-order valence-corrected chi connectivity index (χ4v) is 2.46. The Bertz CT molecular complexity index is 530. The molecule has 0 atom stereocenters. The molecule has 0 aliphatic rings. The number of benzene rings is 1. The average molecular weight is 311 g/mol. The molecule has 1 aromatic rings. The molecule has 1 aromatic carbocycles. The number of nitrogens with one attached hydrogen (secondary N) is 1. The first-order chi connectivity index (χ1) is 9.79. The molecule has 0 heterocycles. The molecule has 21 heavy (non-hydrogen) atoms. The summed E-state index contributed by atoms with van der Waals surface area (Å²) >= 11 is 6.24. The van der Waals surface area contributed by atoms with Crippen molar-refractivity contribution in [1.82, 2.24) is 4.90 Å². The Kier molecular flexibility index (Phi) is 6.03. The lowest BCUT2D eigenvalue weighted by atomic mass is 10.1. The van der Waals surface area contributed by atoms with Gasteiger partial charge in [-0.05, 0) is 24.0 Å². The van der Waals surface area contributed by atoms with Crippen molar-refractivity contribution in [3.63, 3.8) is 0 Å². The Hall–Kier alpha value is -1.75. The van der Waals surface area contributed by atoms with Crippen molar-refractivity contribution in [1.29, 1.82) is 5.41 Å². The predicted molar refractivity (Wildman–Crippen MR) is 88.1 cm³/mol. The number of nitrogens with zero attached hydrogens (tertiary/aromatic N) is 2. The van der Waals surface area contributed by atoms with Gasteiger partial charge in [0.25, 0.3) is 0 Å². The summed E-state index contributed by atoms with van der Waals surface area (Å²) in [5, 5.41) is 8.12. The van der Waals surface area contributed by atoms with E-state index in [2.05, 4.69) is 0 Å². The van der Waals surface area contributed by atoms with Crippen LogP contribution in [0, 0.1) is 11.3 Å². The maximum absolute atomic E-state index is 12.6. The highest BCUT2D eigenvalue weighted by Gasteiger charge is 2.25. The van der Waals surface area contributed by atoms with E-state index in [1.807, 2.05) is 32.9 Å². The molecule has 2 amide bonds. The summed E-state index contributed by atoms with van der Waals surface area (Å²) < 4.78 is 0. The second-order valence-corrected chi connectivity index (χ2v) is 5.74.